The third-order valence-electron chi connectivity index (χ3n) is 5.11. The Bertz CT molecular complexity index is 944. The molecule has 3 rings (SSSR count). The molecular formula is C20H27N3O4S. The molecule has 0 spiro atoms. The highest BCUT2D eigenvalue weighted by Crippen LogP contribution is 2.31. The van der Waals surface area contributed by atoms with Crippen LogP contribution in [0.1, 0.15) is 48.0 Å². The molecule has 1 aromatic carbocycles. The number of benzene rings is 1. The van der Waals surface area contributed by atoms with Gasteiger partial charge in [0.2, 0.25) is 10.0 Å². The molecule has 0 saturated carbocycles. The zero-order valence-electron chi connectivity index (χ0n) is 17.0. The summed E-state index contributed by atoms with van der Waals surface area (Å²) in [6.07, 6.45) is 1.35. The molecule has 2 aromatic rings. The first-order chi connectivity index (χ1) is 13.0. The van der Waals surface area contributed by atoms with Crippen molar-refractivity contribution < 1.29 is 17.7 Å². The first kappa shape index (κ1) is 20.5. The Morgan fingerprint density at radius 2 is 1.64 bits per heavy atom. The first-order valence-electron chi connectivity index (χ1n) is 9.33. The number of aromatic nitrogens is 1. The number of sulfonamides is 1. The second-order valence-corrected chi connectivity index (χ2v) is 10.1. The van der Waals surface area contributed by atoms with Crippen molar-refractivity contribution in [1.82, 2.24) is 14.4 Å². The van der Waals surface area contributed by atoms with E-state index in [1.54, 1.807) is 4.90 Å². The molecule has 2 heterocycles. The number of carbonyl (C=O) groups is 1. The molecule has 1 amide bonds. The second-order valence-electron chi connectivity index (χ2n) is 8.27. The number of piperazine rings is 1. The van der Waals surface area contributed by atoms with Crippen molar-refractivity contribution in [2.75, 3.05) is 26.2 Å². The van der Waals surface area contributed by atoms with Crippen LogP contribution in [-0.2, 0) is 15.4 Å². The van der Waals surface area contributed by atoms with Crippen LogP contribution in [0.25, 0.3) is 0 Å². The molecule has 0 radical (unpaired) electrons. The van der Waals surface area contributed by atoms with Crippen LogP contribution in [0.15, 0.2) is 33.9 Å². The van der Waals surface area contributed by atoms with Crippen LogP contribution in [0.2, 0.25) is 0 Å². The molecule has 1 aliphatic heterocycles. The Labute approximate surface area is 166 Å². The van der Waals surface area contributed by atoms with Gasteiger partial charge in [-0.15, -0.1) is 0 Å². The summed E-state index contributed by atoms with van der Waals surface area (Å²) in [5.41, 5.74) is 2.81. The van der Waals surface area contributed by atoms with Gasteiger partial charge in [0.25, 0.3) is 5.91 Å². The zero-order chi connectivity index (χ0) is 20.7. The number of amides is 1. The lowest BCUT2D eigenvalue weighted by Crippen LogP contribution is -2.50. The molecule has 7 nitrogen and oxygen atoms in total. The topological polar surface area (TPSA) is 83.7 Å². The summed E-state index contributed by atoms with van der Waals surface area (Å²) in [6.45, 7) is 11.2. The maximum absolute atomic E-state index is 13.3. The molecule has 1 aromatic heterocycles. The highest BCUT2D eigenvalue weighted by Gasteiger charge is 2.33. The quantitative estimate of drug-likeness (QED) is 0.784. The Hall–Kier alpha value is -2.19. The minimum Gasteiger partial charge on any atom is -0.364 e. The van der Waals surface area contributed by atoms with Crippen LogP contribution in [-0.4, -0.2) is 54.9 Å². The summed E-state index contributed by atoms with van der Waals surface area (Å²) in [7, 11) is -3.63. The standard InChI is InChI=1S/C20H27N3O4S/c1-14-12-16(20(3,4)5)13-15(2)18(14)28(25,26)23-9-7-22(8-10-23)19(24)17-6-11-27-21-17/h6,11-13H,7-10H2,1-5H3. The summed E-state index contributed by atoms with van der Waals surface area (Å²) in [6, 6.07) is 5.43. The maximum atomic E-state index is 13.3. The fourth-order valence-electron chi connectivity index (χ4n) is 3.54. The van der Waals surface area contributed by atoms with Crippen LogP contribution in [0, 0.1) is 13.8 Å². The van der Waals surface area contributed by atoms with E-state index in [2.05, 4.69) is 25.9 Å². The number of hydrogen-bond acceptors (Lipinski definition) is 5. The third-order valence-corrected chi connectivity index (χ3v) is 7.31. The smallest absolute Gasteiger partial charge is 0.276 e. The van der Waals surface area contributed by atoms with Gasteiger partial charge in [0.15, 0.2) is 5.69 Å². The Morgan fingerprint density at radius 1 is 1.07 bits per heavy atom. The molecule has 0 atom stereocenters. The van der Waals surface area contributed by atoms with E-state index in [1.165, 1.54) is 16.6 Å². The van der Waals surface area contributed by atoms with E-state index >= 15 is 0 Å². The zero-order valence-corrected chi connectivity index (χ0v) is 17.8. The van der Waals surface area contributed by atoms with Crippen LogP contribution >= 0.6 is 0 Å². The Kier molecular flexibility index (Phi) is 5.38. The van der Waals surface area contributed by atoms with Gasteiger partial charge in [-0.1, -0.05) is 38.1 Å². The van der Waals surface area contributed by atoms with Crippen molar-refractivity contribution in [3.63, 3.8) is 0 Å². The Morgan fingerprint density at radius 3 is 2.11 bits per heavy atom. The molecule has 152 valence electrons. The van der Waals surface area contributed by atoms with Crippen LogP contribution in [0.4, 0.5) is 0 Å². The van der Waals surface area contributed by atoms with Gasteiger partial charge in [0.1, 0.15) is 6.26 Å². The normalized spacial score (nSPS) is 16.4. The number of hydrogen-bond donors (Lipinski definition) is 0. The second kappa shape index (κ2) is 7.33. The summed E-state index contributed by atoms with van der Waals surface area (Å²) in [4.78, 5) is 14.3. The summed E-state index contributed by atoms with van der Waals surface area (Å²) < 4.78 is 32.8. The monoisotopic (exact) mass is 405 g/mol. The predicted octanol–water partition coefficient (Wildman–Crippen LogP) is 2.74. The number of carbonyl (C=O) groups excluding carboxylic acids is 1. The van der Waals surface area contributed by atoms with E-state index in [4.69, 9.17) is 4.52 Å². The molecule has 0 bridgehead atoms. The number of rotatable bonds is 3. The summed E-state index contributed by atoms with van der Waals surface area (Å²) in [5, 5.41) is 3.66. The fraction of sp³-hybridized carbons (Fsp3) is 0.500. The predicted molar refractivity (Wildman–Crippen MR) is 106 cm³/mol. The number of nitrogens with zero attached hydrogens (tertiary/aromatic N) is 3. The van der Waals surface area contributed by atoms with Gasteiger partial charge in [-0.3, -0.25) is 4.79 Å². The lowest BCUT2D eigenvalue weighted by Gasteiger charge is -2.34. The van der Waals surface area contributed by atoms with E-state index < -0.39 is 10.0 Å². The molecule has 1 aliphatic rings. The molecule has 1 saturated heterocycles. The van der Waals surface area contributed by atoms with E-state index in [0.29, 0.717) is 18.0 Å². The molecule has 0 aliphatic carbocycles. The minimum absolute atomic E-state index is 0.0507. The van der Waals surface area contributed by atoms with E-state index in [9.17, 15) is 13.2 Å². The van der Waals surface area contributed by atoms with Crippen molar-refractivity contribution in [3.05, 3.63) is 46.8 Å². The molecule has 28 heavy (non-hydrogen) atoms. The maximum Gasteiger partial charge on any atom is 0.276 e. The van der Waals surface area contributed by atoms with Gasteiger partial charge >= 0.3 is 0 Å². The summed E-state index contributed by atoms with van der Waals surface area (Å²) >= 11 is 0. The van der Waals surface area contributed by atoms with E-state index in [0.717, 1.165) is 16.7 Å². The lowest BCUT2D eigenvalue weighted by atomic mass is 9.85. The largest absolute Gasteiger partial charge is 0.364 e. The average molecular weight is 406 g/mol. The van der Waals surface area contributed by atoms with Gasteiger partial charge in [-0.05, 0) is 36.0 Å². The lowest BCUT2D eigenvalue weighted by molar-refractivity contribution is 0.0687. The van der Waals surface area contributed by atoms with E-state index in [1.807, 2.05) is 26.0 Å². The molecule has 1 fully saturated rings. The van der Waals surface area contributed by atoms with Crippen molar-refractivity contribution in [2.45, 2.75) is 44.9 Å². The highest BCUT2D eigenvalue weighted by atomic mass is 32.2. The molecule has 8 heteroatoms. The minimum atomic E-state index is -3.63. The third kappa shape index (κ3) is 3.84. The highest BCUT2D eigenvalue weighted by molar-refractivity contribution is 7.89. The van der Waals surface area contributed by atoms with Crippen LogP contribution in [0.3, 0.4) is 0 Å². The Balaban J connectivity index is 1.80. The summed E-state index contributed by atoms with van der Waals surface area (Å²) in [5.74, 6) is -0.243. The first-order valence-corrected chi connectivity index (χ1v) is 10.8. The van der Waals surface area contributed by atoms with Gasteiger partial charge in [-0.2, -0.15) is 4.31 Å². The fourth-order valence-corrected chi connectivity index (χ4v) is 5.37. The number of aryl methyl sites for hydroxylation is 2. The SMILES string of the molecule is Cc1cc(C(C)(C)C)cc(C)c1S(=O)(=O)N1CCN(C(=O)c2ccon2)CC1. The van der Waals surface area contributed by atoms with E-state index in [-0.39, 0.29) is 30.1 Å². The van der Waals surface area contributed by atoms with Gasteiger partial charge in [0.05, 0.1) is 4.90 Å². The average Bonchev–Trinajstić information content (AvgIpc) is 3.14. The van der Waals surface area contributed by atoms with Gasteiger partial charge < -0.3 is 9.42 Å². The van der Waals surface area contributed by atoms with Gasteiger partial charge in [-0.25, -0.2) is 8.42 Å². The van der Waals surface area contributed by atoms with Crippen molar-refractivity contribution in [1.29, 1.82) is 0 Å². The molecular weight excluding hydrogens is 378 g/mol. The van der Waals surface area contributed by atoms with Crippen LogP contribution < -0.4 is 0 Å². The van der Waals surface area contributed by atoms with Crippen molar-refractivity contribution in [2.24, 2.45) is 0 Å². The van der Waals surface area contributed by atoms with Crippen molar-refractivity contribution in [3.8, 4) is 0 Å². The van der Waals surface area contributed by atoms with Crippen LogP contribution in [0.5, 0.6) is 0 Å². The molecule has 0 N–H and O–H groups in total. The van der Waals surface area contributed by atoms with Gasteiger partial charge in [0, 0.05) is 32.2 Å². The van der Waals surface area contributed by atoms with Crippen molar-refractivity contribution >= 4 is 15.9 Å². The molecule has 0 unspecified atom stereocenters.